The highest BCUT2D eigenvalue weighted by atomic mass is 16.5. The van der Waals surface area contributed by atoms with E-state index >= 15 is 0 Å². The van der Waals surface area contributed by atoms with E-state index in [4.69, 9.17) is 4.74 Å². The lowest BCUT2D eigenvalue weighted by atomic mass is 10.1. The molecule has 0 saturated heterocycles. The summed E-state index contributed by atoms with van der Waals surface area (Å²) in [6.45, 7) is 3.82. The summed E-state index contributed by atoms with van der Waals surface area (Å²) in [6, 6.07) is 9.75. The minimum Gasteiger partial charge on any atom is -0.483 e. The van der Waals surface area contributed by atoms with Crippen LogP contribution < -0.4 is 4.74 Å². The van der Waals surface area contributed by atoms with Crippen LogP contribution in [0.15, 0.2) is 42.7 Å². The van der Waals surface area contributed by atoms with E-state index in [-0.39, 0.29) is 18.3 Å². The number of para-hydroxylation sites is 1. The molecule has 1 aromatic carbocycles. The summed E-state index contributed by atoms with van der Waals surface area (Å²) in [7, 11) is 0. The van der Waals surface area contributed by atoms with Crippen LogP contribution in [0.3, 0.4) is 0 Å². The Balaban J connectivity index is 2.01. The third-order valence-corrected chi connectivity index (χ3v) is 2.60. The zero-order chi connectivity index (χ0) is 13.0. The van der Waals surface area contributed by atoms with Gasteiger partial charge in [0, 0.05) is 5.92 Å². The summed E-state index contributed by atoms with van der Waals surface area (Å²) in [5.74, 6) is 0.685. The Labute approximate surface area is 106 Å². The zero-order valence-electron chi connectivity index (χ0n) is 10.5. The Hall–Kier alpha value is -2.10. The van der Waals surface area contributed by atoms with Gasteiger partial charge in [0.05, 0.1) is 18.1 Å². The highest BCUT2D eigenvalue weighted by Crippen LogP contribution is 2.13. The van der Waals surface area contributed by atoms with E-state index in [1.54, 1.807) is 17.1 Å². The van der Waals surface area contributed by atoms with E-state index < -0.39 is 0 Å². The van der Waals surface area contributed by atoms with Crippen molar-refractivity contribution in [3.05, 3.63) is 42.7 Å². The first-order valence-corrected chi connectivity index (χ1v) is 5.92. The Morgan fingerprint density at radius 3 is 2.72 bits per heavy atom. The van der Waals surface area contributed by atoms with Crippen LogP contribution in [0.5, 0.6) is 5.75 Å². The Morgan fingerprint density at radius 1 is 1.33 bits per heavy atom. The third kappa shape index (κ3) is 2.97. The summed E-state index contributed by atoms with van der Waals surface area (Å²) in [5.41, 5.74) is 0.961. The molecule has 0 unspecified atom stereocenters. The quantitative estimate of drug-likeness (QED) is 0.811. The second-order valence-corrected chi connectivity index (χ2v) is 4.37. The zero-order valence-corrected chi connectivity index (χ0v) is 10.5. The van der Waals surface area contributed by atoms with E-state index in [9.17, 15) is 4.79 Å². The molecular weight excluding hydrogens is 228 g/mol. The van der Waals surface area contributed by atoms with Gasteiger partial charge in [-0.05, 0) is 12.1 Å². The molecule has 0 fully saturated rings. The molecule has 4 heteroatoms. The molecule has 18 heavy (non-hydrogen) atoms. The topological polar surface area (TPSA) is 44.1 Å². The number of carbonyl (C=O) groups is 1. The smallest absolute Gasteiger partial charge is 0.172 e. The largest absolute Gasteiger partial charge is 0.483 e. The van der Waals surface area contributed by atoms with Gasteiger partial charge in [0.25, 0.3) is 0 Å². The highest BCUT2D eigenvalue weighted by molar-refractivity contribution is 5.81. The molecular formula is C14H16N2O2. The van der Waals surface area contributed by atoms with Crippen molar-refractivity contribution in [2.75, 3.05) is 6.61 Å². The van der Waals surface area contributed by atoms with E-state index in [0.29, 0.717) is 5.75 Å². The van der Waals surface area contributed by atoms with Crippen molar-refractivity contribution in [2.24, 2.45) is 5.92 Å². The molecule has 94 valence electrons. The van der Waals surface area contributed by atoms with Crippen molar-refractivity contribution >= 4 is 5.78 Å². The summed E-state index contributed by atoms with van der Waals surface area (Å²) in [5, 5.41) is 4.19. The lowest BCUT2D eigenvalue weighted by molar-refractivity contribution is -0.123. The molecule has 0 radical (unpaired) electrons. The molecule has 2 aromatic rings. The van der Waals surface area contributed by atoms with Crippen LogP contribution in [0, 0.1) is 5.92 Å². The van der Waals surface area contributed by atoms with Crippen LogP contribution >= 0.6 is 0 Å². The van der Waals surface area contributed by atoms with E-state index in [2.05, 4.69) is 5.10 Å². The molecule has 0 aliphatic carbocycles. The fraction of sp³-hybridized carbons (Fsp3) is 0.286. The molecule has 2 rings (SSSR count). The van der Waals surface area contributed by atoms with Crippen LogP contribution in [0.25, 0.3) is 5.69 Å². The van der Waals surface area contributed by atoms with E-state index in [1.807, 2.05) is 44.2 Å². The van der Waals surface area contributed by atoms with Gasteiger partial charge in [0.1, 0.15) is 6.61 Å². The number of ketones is 1. The number of aromatic nitrogens is 2. The monoisotopic (exact) mass is 244 g/mol. The SMILES string of the molecule is CC(C)C(=O)COc1cnn(-c2ccccc2)c1. The Morgan fingerprint density at radius 2 is 2.06 bits per heavy atom. The lowest BCUT2D eigenvalue weighted by Crippen LogP contribution is -2.16. The van der Waals surface area contributed by atoms with Crippen LogP contribution in [0.2, 0.25) is 0 Å². The predicted molar refractivity (Wildman–Crippen MR) is 68.9 cm³/mol. The minimum atomic E-state index is -0.00540. The molecule has 1 heterocycles. The van der Waals surface area contributed by atoms with Crippen molar-refractivity contribution in [3.63, 3.8) is 0 Å². The first kappa shape index (κ1) is 12.4. The van der Waals surface area contributed by atoms with Crippen molar-refractivity contribution in [1.82, 2.24) is 9.78 Å². The number of benzene rings is 1. The van der Waals surface area contributed by atoms with Gasteiger partial charge in [0.2, 0.25) is 0 Å². The van der Waals surface area contributed by atoms with E-state index in [1.165, 1.54) is 0 Å². The average molecular weight is 244 g/mol. The molecule has 0 atom stereocenters. The van der Waals surface area contributed by atoms with Crippen molar-refractivity contribution in [1.29, 1.82) is 0 Å². The minimum absolute atomic E-state index is 0.00540. The second kappa shape index (κ2) is 5.49. The van der Waals surface area contributed by atoms with Crippen LogP contribution in [-0.4, -0.2) is 22.2 Å². The second-order valence-electron chi connectivity index (χ2n) is 4.37. The van der Waals surface area contributed by atoms with Crippen LogP contribution in [-0.2, 0) is 4.79 Å². The molecule has 0 aliphatic heterocycles. The fourth-order valence-electron chi connectivity index (χ4n) is 1.42. The van der Waals surface area contributed by atoms with Crippen LogP contribution in [0.4, 0.5) is 0 Å². The van der Waals surface area contributed by atoms with Gasteiger partial charge in [-0.1, -0.05) is 32.0 Å². The number of ether oxygens (including phenoxy) is 1. The molecule has 0 spiro atoms. The molecule has 1 aromatic heterocycles. The highest BCUT2D eigenvalue weighted by Gasteiger charge is 2.09. The van der Waals surface area contributed by atoms with Gasteiger partial charge in [-0.15, -0.1) is 0 Å². The average Bonchev–Trinajstić information content (AvgIpc) is 2.85. The first-order valence-electron chi connectivity index (χ1n) is 5.92. The number of hydrogen-bond acceptors (Lipinski definition) is 3. The van der Waals surface area contributed by atoms with Gasteiger partial charge in [-0.2, -0.15) is 5.10 Å². The third-order valence-electron chi connectivity index (χ3n) is 2.60. The van der Waals surface area contributed by atoms with E-state index in [0.717, 1.165) is 5.69 Å². The maximum absolute atomic E-state index is 11.4. The fourth-order valence-corrected chi connectivity index (χ4v) is 1.42. The first-order chi connectivity index (χ1) is 8.66. The van der Waals surface area contributed by atoms with Crippen molar-refractivity contribution in [3.8, 4) is 11.4 Å². The molecule has 0 aliphatic rings. The number of hydrogen-bond donors (Lipinski definition) is 0. The molecule has 0 bridgehead atoms. The lowest BCUT2D eigenvalue weighted by Gasteiger charge is -2.04. The van der Waals surface area contributed by atoms with Gasteiger partial charge < -0.3 is 4.74 Å². The summed E-state index contributed by atoms with van der Waals surface area (Å²) in [6.07, 6.45) is 3.38. The molecule has 0 amide bonds. The number of Topliss-reactive ketones (excluding diaryl/α,β-unsaturated/α-hetero) is 1. The Kier molecular flexibility index (Phi) is 3.77. The number of nitrogens with zero attached hydrogens (tertiary/aromatic N) is 2. The number of carbonyl (C=O) groups excluding carboxylic acids is 1. The summed E-state index contributed by atoms with van der Waals surface area (Å²) >= 11 is 0. The van der Waals surface area contributed by atoms with Crippen LogP contribution in [0.1, 0.15) is 13.8 Å². The Bertz CT molecular complexity index is 518. The van der Waals surface area contributed by atoms with Crippen molar-refractivity contribution in [2.45, 2.75) is 13.8 Å². The number of rotatable bonds is 5. The molecule has 0 saturated carbocycles. The summed E-state index contributed by atoms with van der Waals surface area (Å²) in [4.78, 5) is 11.4. The van der Waals surface area contributed by atoms with Gasteiger partial charge in [0.15, 0.2) is 11.5 Å². The van der Waals surface area contributed by atoms with Gasteiger partial charge in [-0.25, -0.2) is 4.68 Å². The standard InChI is InChI=1S/C14H16N2O2/c1-11(2)14(17)10-18-13-8-15-16(9-13)12-6-4-3-5-7-12/h3-9,11H,10H2,1-2H3. The van der Waals surface area contributed by atoms with Gasteiger partial charge in [-0.3, -0.25) is 4.79 Å². The molecule has 0 N–H and O–H groups in total. The maximum Gasteiger partial charge on any atom is 0.172 e. The maximum atomic E-state index is 11.4. The van der Waals surface area contributed by atoms with Crippen molar-refractivity contribution < 1.29 is 9.53 Å². The molecule has 4 nitrogen and oxygen atoms in total. The van der Waals surface area contributed by atoms with Gasteiger partial charge >= 0.3 is 0 Å². The predicted octanol–water partition coefficient (Wildman–Crippen LogP) is 2.48. The normalized spacial score (nSPS) is 10.6. The summed E-state index contributed by atoms with van der Waals surface area (Å²) < 4.78 is 7.12.